The Morgan fingerprint density at radius 1 is 1.21 bits per heavy atom. The lowest BCUT2D eigenvalue weighted by Gasteiger charge is -2.35. The molecule has 0 bridgehead atoms. The molecular weight excluding hydrogens is 302 g/mol. The maximum Gasteiger partial charge on any atom is 0.0900 e. The molecule has 4 unspecified atom stereocenters. The van der Waals surface area contributed by atoms with Crippen molar-refractivity contribution in [1.82, 2.24) is 4.90 Å². The van der Waals surface area contributed by atoms with Crippen molar-refractivity contribution in [2.45, 2.75) is 57.3 Å². The molecule has 1 aliphatic heterocycles. The lowest BCUT2D eigenvalue weighted by atomic mass is 9.89. The van der Waals surface area contributed by atoms with Gasteiger partial charge in [-0.15, -0.1) is 0 Å². The number of aliphatic hydroxyl groups excluding tert-OH is 2. The number of nitrogens with zero attached hydrogens (tertiary/aromatic N) is 1. The van der Waals surface area contributed by atoms with Gasteiger partial charge in [0.05, 0.1) is 24.9 Å². The molecule has 0 spiro atoms. The highest BCUT2D eigenvalue weighted by Gasteiger charge is 2.26. The van der Waals surface area contributed by atoms with Gasteiger partial charge in [-0.25, -0.2) is 0 Å². The molecule has 1 aromatic carbocycles. The number of aliphatic hydroxyl groups is 2. The van der Waals surface area contributed by atoms with Gasteiger partial charge >= 0.3 is 0 Å². The van der Waals surface area contributed by atoms with Gasteiger partial charge in [0.15, 0.2) is 0 Å². The number of β-amino-alcohol motifs (C(OH)–C–C–N with tert-alkyl or cyclic N) is 1. The van der Waals surface area contributed by atoms with E-state index in [4.69, 9.17) is 4.74 Å². The molecule has 0 saturated carbocycles. The molecule has 3 rings (SSSR count). The summed E-state index contributed by atoms with van der Waals surface area (Å²) in [7, 11) is 0. The predicted octanol–water partition coefficient (Wildman–Crippen LogP) is 2.53. The Kier molecular flexibility index (Phi) is 6.28. The number of ether oxygens (including phenoxy) is 1. The molecule has 4 nitrogen and oxygen atoms in total. The molecule has 1 fully saturated rings. The fraction of sp³-hybridized carbons (Fsp3) is 0.700. The first-order valence-electron chi connectivity index (χ1n) is 9.41. The van der Waals surface area contributed by atoms with Crippen molar-refractivity contribution in [1.29, 1.82) is 0 Å². The van der Waals surface area contributed by atoms with E-state index in [-0.39, 0.29) is 12.2 Å². The van der Waals surface area contributed by atoms with E-state index in [1.165, 1.54) is 11.1 Å². The SMILES string of the molecule is CC(O)C1CCCN(CC(O)COC2CCCc3ccccc32)C1. The van der Waals surface area contributed by atoms with Crippen LogP contribution in [0.4, 0.5) is 0 Å². The van der Waals surface area contributed by atoms with E-state index in [9.17, 15) is 10.2 Å². The zero-order valence-electron chi connectivity index (χ0n) is 14.7. The Hall–Kier alpha value is -0.940. The van der Waals surface area contributed by atoms with E-state index in [1.54, 1.807) is 0 Å². The third kappa shape index (κ3) is 4.57. The van der Waals surface area contributed by atoms with Crippen LogP contribution in [-0.4, -0.2) is 53.6 Å². The molecule has 1 aromatic rings. The third-order valence-electron chi connectivity index (χ3n) is 5.50. The molecule has 2 aliphatic rings. The van der Waals surface area contributed by atoms with Crippen molar-refractivity contribution in [2.75, 3.05) is 26.2 Å². The summed E-state index contributed by atoms with van der Waals surface area (Å²) in [6.45, 7) is 4.77. The minimum Gasteiger partial charge on any atom is -0.393 e. The van der Waals surface area contributed by atoms with Crippen LogP contribution in [0.2, 0.25) is 0 Å². The first-order valence-corrected chi connectivity index (χ1v) is 9.41. The van der Waals surface area contributed by atoms with Crippen LogP contribution < -0.4 is 0 Å². The molecular formula is C20H31NO3. The van der Waals surface area contributed by atoms with E-state index < -0.39 is 6.10 Å². The highest BCUT2D eigenvalue weighted by molar-refractivity contribution is 5.31. The average molecular weight is 333 g/mol. The number of fused-ring (bicyclic) bond motifs is 1. The van der Waals surface area contributed by atoms with Crippen molar-refractivity contribution >= 4 is 0 Å². The maximum atomic E-state index is 10.4. The number of hydrogen-bond acceptors (Lipinski definition) is 4. The van der Waals surface area contributed by atoms with Crippen LogP contribution in [0.1, 0.15) is 49.8 Å². The second-order valence-corrected chi connectivity index (χ2v) is 7.47. The Morgan fingerprint density at radius 2 is 2.04 bits per heavy atom. The van der Waals surface area contributed by atoms with Crippen LogP contribution in [0.3, 0.4) is 0 Å². The zero-order valence-corrected chi connectivity index (χ0v) is 14.7. The van der Waals surface area contributed by atoms with Crippen molar-refractivity contribution in [3.8, 4) is 0 Å². The normalized spacial score (nSPS) is 27.5. The molecule has 0 radical (unpaired) electrons. The molecule has 1 aliphatic carbocycles. The minimum atomic E-state index is -0.466. The molecule has 2 N–H and O–H groups in total. The predicted molar refractivity (Wildman–Crippen MR) is 94.9 cm³/mol. The summed E-state index contributed by atoms with van der Waals surface area (Å²) in [4.78, 5) is 2.27. The molecule has 4 heteroatoms. The van der Waals surface area contributed by atoms with Crippen molar-refractivity contribution < 1.29 is 14.9 Å². The standard InChI is InChI=1S/C20H31NO3/c1-15(22)17-8-5-11-21(12-17)13-18(23)14-24-20-10-4-7-16-6-2-3-9-19(16)20/h2-3,6,9,15,17-18,20,22-23H,4-5,7-8,10-14H2,1H3. The molecule has 24 heavy (non-hydrogen) atoms. The molecule has 1 saturated heterocycles. The number of aryl methyl sites for hydroxylation is 1. The number of benzene rings is 1. The zero-order chi connectivity index (χ0) is 16.9. The molecule has 4 atom stereocenters. The Morgan fingerprint density at radius 3 is 2.88 bits per heavy atom. The number of likely N-dealkylation sites (tertiary alicyclic amines) is 1. The van der Waals surface area contributed by atoms with Crippen molar-refractivity contribution in [3.63, 3.8) is 0 Å². The summed E-state index contributed by atoms with van der Waals surface area (Å²) in [5.74, 6) is 0.331. The van der Waals surface area contributed by atoms with Crippen LogP contribution in [-0.2, 0) is 11.2 Å². The van der Waals surface area contributed by atoms with E-state index >= 15 is 0 Å². The van der Waals surface area contributed by atoms with Gasteiger partial charge in [0.1, 0.15) is 0 Å². The highest BCUT2D eigenvalue weighted by atomic mass is 16.5. The number of rotatable bonds is 6. The Labute approximate surface area is 145 Å². The van der Waals surface area contributed by atoms with Crippen LogP contribution in [0.15, 0.2) is 24.3 Å². The van der Waals surface area contributed by atoms with Gasteiger partial charge in [-0.3, -0.25) is 0 Å². The van der Waals surface area contributed by atoms with Crippen LogP contribution in [0, 0.1) is 5.92 Å². The summed E-state index contributed by atoms with van der Waals surface area (Å²) < 4.78 is 6.06. The van der Waals surface area contributed by atoms with Gasteiger partial charge < -0.3 is 19.8 Å². The van der Waals surface area contributed by atoms with E-state index in [0.29, 0.717) is 19.1 Å². The Bertz CT molecular complexity index is 519. The maximum absolute atomic E-state index is 10.4. The van der Waals surface area contributed by atoms with E-state index in [0.717, 1.165) is 45.2 Å². The second-order valence-electron chi connectivity index (χ2n) is 7.47. The van der Waals surface area contributed by atoms with Crippen LogP contribution in [0.5, 0.6) is 0 Å². The van der Waals surface area contributed by atoms with E-state index in [1.807, 2.05) is 6.92 Å². The molecule has 134 valence electrons. The lowest BCUT2D eigenvalue weighted by Crippen LogP contribution is -2.44. The van der Waals surface area contributed by atoms with Crippen LogP contribution >= 0.6 is 0 Å². The average Bonchev–Trinajstić information content (AvgIpc) is 2.60. The summed E-state index contributed by atoms with van der Waals surface area (Å²) in [5.41, 5.74) is 2.68. The summed E-state index contributed by atoms with van der Waals surface area (Å²) in [5, 5.41) is 20.2. The summed E-state index contributed by atoms with van der Waals surface area (Å²) in [6, 6.07) is 8.50. The molecule has 0 amide bonds. The first kappa shape index (κ1) is 17.9. The molecule has 0 aromatic heterocycles. The van der Waals surface area contributed by atoms with Gasteiger partial charge in [-0.05, 0) is 62.6 Å². The van der Waals surface area contributed by atoms with Crippen molar-refractivity contribution in [2.24, 2.45) is 5.92 Å². The topological polar surface area (TPSA) is 52.9 Å². The van der Waals surface area contributed by atoms with Gasteiger partial charge in [-0.2, -0.15) is 0 Å². The summed E-state index contributed by atoms with van der Waals surface area (Å²) in [6.07, 6.45) is 4.89. The van der Waals surface area contributed by atoms with Crippen LogP contribution in [0.25, 0.3) is 0 Å². The third-order valence-corrected chi connectivity index (χ3v) is 5.50. The minimum absolute atomic E-state index is 0.121. The monoisotopic (exact) mass is 333 g/mol. The highest BCUT2D eigenvalue weighted by Crippen LogP contribution is 2.32. The van der Waals surface area contributed by atoms with Crippen molar-refractivity contribution in [3.05, 3.63) is 35.4 Å². The number of hydrogen-bond donors (Lipinski definition) is 2. The largest absolute Gasteiger partial charge is 0.393 e. The fourth-order valence-electron chi connectivity index (χ4n) is 4.11. The van der Waals surface area contributed by atoms with E-state index in [2.05, 4.69) is 29.2 Å². The van der Waals surface area contributed by atoms with Gasteiger partial charge in [0, 0.05) is 13.1 Å². The fourth-order valence-corrected chi connectivity index (χ4v) is 4.11. The Balaban J connectivity index is 1.47. The number of piperidine rings is 1. The first-order chi connectivity index (χ1) is 11.6. The second kappa shape index (κ2) is 8.43. The van der Waals surface area contributed by atoms with Gasteiger partial charge in [0.2, 0.25) is 0 Å². The van der Waals surface area contributed by atoms with Gasteiger partial charge in [0.25, 0.3) is 0 Å². The quantitative estimate of drug-likeness (QED) is 0.840. The smallest absolute Gasteiger partial charge is 0.0900 e. The van der Waals surface area contributed by atoms with Gasteiger partial charge in [-0.1, -0.05) is 24.3 Å². The lowest BCUT2D eigenvalue weighted by molar-refractivity contribution is -0.0355. The molecule has 1 heterocycles. The summed E-state index contributed by atoms with van der Waals surface area (Å²) >= 11 is 0.